The summed E-state index contributed by atoms with van der Waals surface area (Å²) in [6.45, 7) is 3.77. The Morgan fingerprint density at radius 3 is 2.65 bits per heavy atom. The van der Waals surface area contributed by atoms with Gasteiger partial charge in [-0.1, -0.05) is 0 Å². The topological polar surface area (TPSA) is 81.1 Å². The molecular formula is C12H13N3O2. The molecule has 0 aliphatic heterocycles. The maximum atomic E-state index is 11.2. The second-order valence-electron chi connectivity index (χ2n) is 3.87. The number of aromatic carboxylic acids is 1. The van der Waals surface area contributed by atoms with Crippen LogP contribution in [0.3, 0.4) is 0 Å². The fourth-order valence-corrected chi connectivity index (χ4v) is 1.68. The Hall–Kier alpha value is -2.30. The molecule has 2 rings (SSSR count). The molecule has 0 saturated carbocycles. The fraction of sp³-hybridized carbons (Fsp3) is 0.167. The van der Waals surface area contributed by atoms with Crippen LogP contribution >= 0.6 is 0 Å². The molecule has 0 aliphatic rings. The van der Waals surface area contributed by atoms with Crippen LogP contribution in [0.1, 0.15) is 21.7 Å². The molecule has 0 bridgehead atoms. The lowest BCUT2D eigenvalue weighted by Gasteiger charge is -2.09. The number of benzene rings is 1. The van der Waals surface area contributed by atoms with E-state index in [1.54, 1.807) is 23.0 Å². The molecule has 0 spiro atoms. The van der Waals surface area contributed by atoms with E-state index in [0.29, 0.717) is 11.4 Å². The van der Waals surface area contributed by atoms with E-state index in [4.69, 9.17) is 10.8 Å². The molecule has 88 valence electrons. The highest BCUT2D eigenvalue weighted by Crippen LogP contribution is 2.20. The van der Waals surface area contributed by atoms with E-state index in [1.807, 2.05) is 13.8 Å². The molecule has 1 aromatic heterocycles. The van der Waals surface area contributed by atoms with Gasteiger partial charge in [-0.2, -0.15) is 0 Å². The number of carbonyl (C=O) groups is 1. The summed E-state index contributed by atoms with van der Waals surface area (Å²) in [7, 11) is 0. The summed E-state index contributed by atoms with van der Waals surface area (Å²) in [6, 6.07) is 4.82. The lowest BCUT2D eigenvalue weighted by Crippen LogP contribution is -2.07. The number of aryl methyl sites for hydroxylation is 1. The van der Waals surface area contributed by atoms with Crippen LogP contribution in [0.15, 0.2) is 24.5 Å². The first-order chi connectivity index (χ1) is 8.00. The largest absolute Gasteiger partial charge is 0.478 e. The average Bonchev–Trinajstić information content (AvgIpc) is 2.60. The van der Waals surface area contributed by atoms with Crippen LogP contribution in [0.2, 0.25) is 0 Å². The van der Waals surface area contributed by atoms with Crippen molar-refractivity contribution in [3.63, 3.8) is 0 Å². The molecule has 17 heavy (non-hydrogen) atoms. The van der Waals surface area contributed by atoms with Gasteiger partial charge in [0.05, 0.1) is 23.3 Å². The van der Waals surface area contributed by atoms with Crippen LogP contribution in [-0.4, -0.2) is 20.6 Å². The molecule has 0 atom stereocenters. The molecule has 0 unspecified atom stereocenters. The normalized spacial score (nSPS) is 10.5. The summed E-state index contributed by atoms with van der Waals surface area (Å²) in [5.41, 5.74) is 8.56. The van der Waals surface area contributed by atoms with E-state index in [2.05, 4.69) is 4.98 Å². The summed E-state index contributed by atoms with van der Waals surface area (Å²) >= 11 is 0. The maximum absolute atomic E-state index is 11.2. The molecule has 0 radical (unpaired) electrons. The van der Waals surface area contributed by atoms with Gasteiger partial charge in [-0.05, 0) is 32.0 Å². The van der Waals surface area contributed by atoms with Crippen LogP contribution in [0, 0.1) is 13.8 Å². The monoisotopic (exact) mass is 231 g/mol. The van der Waals surface area contributed by atoms with Gasteiger partial charge in [0.1, 0.15) is 0 Å². The average molecular weight is 231 g/mol. The molecule has 1 aromatic carbocycles. The SMILES string of the molecule is Cc1ncn(-c2ccc(N)cc2C(=O)O)c1C. The molecule has 5 heteroatoms. The van der Waals surface area contributed by atoms with Gasteiger partial charge in [-0.15, -0.1) is 0 Å². The number of nitrogens with zero attached hydrogens (tertiary/aromatic N) is 2. The molecule has 1 heterocycles. The number of carboxylic acids is 1. The molecule has 0 saturated heterocycles. The quantitative estimate of drug-likeness (QED) is 0.772. The van der Waals surface area contributed by atoms with E-state index in [9.17, 15) is 4.79 Å². The van der Waals surface area contributed by atoms with Crippen LogP contribution in [-0.2, 0) is 0 Å². The van der Waals surface area contributed by atoms with Crippen molar-refractivity contribution < 1.29 is 9.90 Å². The number of carboxylic acid groups (broad SMARTS) is 1. The highest BCUT2D eigenvalue weighted by atomic mass is 16.4. The molecule has 3 N–H and O–H groups in total. The van der Waals surface area contributed by atoms with Crippen molar-refractivity contribution in [1.82, 2.24) is 9.55 Å². The predicted octanol–water partition coefficient (Wildman–Crippen LogP) is 1.77. The van der Waals surface area contributed by atoms with Crippen molar-refractivity contribution in [3.05, 3.63) is 41.5 Å². The highest BCUT2D eigenvalue weighted by molar-refractivity contribution is 5.93. The Labute approximate surface area is 98.5 Å². The molecule has 0 aliphatic carbocycles. The summed E-state index contributed by atoms with van der Waals surface area (Å²) in [5, 5.41) is 9.16. The first-order valence-corrected chi connectivity index (χ1v) is 5.14. The zero-order valence-electron chi connectivity index (χ0n) is 9.64. The molecule has 0 fully saturated rings. The van der Waals surface area contributed by atoms with Gasteiger partial charge in [0.2, 0.25) is 0 Å². The minimum Gasteiger partial charge on any atom is -0.478 e. The number of rotatable bonds is 2. The molecule has 0 amide bonds. The summed E-state index contributed by atoms with van der Waals surface area (Å²) in [5.74, 6) is -1.00. The first kappa shape index (κ1) is 11.2. The number of nitrogens with two attached hydrogens (primary N) is 1. The van der Waals surface area contributed by atoms with Crippen molar-refractivity contribution in [1.29, 1.82) is 0 Å². The van der Waals surface area contributed by atoms with Gasteiger partial charge in [-0.3, -0.25) is 0 Å². The van der Waals surface area contributed by atoms with Gasteiger partial charge in [0, 0.05) is 11.4 Å². The third-order valence-corrected chi connectivity index (χ3v) is 2.76. The van der Waals surface area contributed by atoms with Crippen molar-refractivity contribution in [2.45, 2.75) is 13.8 Å². The second-order valence-corrected chi connectivity index (χ2v) is 3.87. The Bertz CT molecular complexity index is 587. The molecule has 5 nitrogen and oxygen atoms in total. The summed E-state index contributed by atoms with van der Waals surface area (Å²) in [4.78, 5) is 15.3. The van der Waals surface area contributed by atoms with Crippen LogP contribution < -0.4 is 5.73 Å². The number of hydrogen-bond acceptors (Lipinski definition) is 3. The lowest BCUT2D eigenvalue weighted by atomic mass is 10.1. The zero-order valence-corrected chi connectivity index (χ0v) is 9.64. The van der Waals surface area contributed by atoms with E-state index in [0.717, 1.165) is 11.4 Å². The van der Waals surface area contributed by atoms with Crippen molar-refractivity contribution in [3.8, 4) is 5.69 Å². The number of aromatic nitrogens is 2. The van der Waals surface area contributed by atoms with E-state index in [1.165, 1.54) is 6.07 Å². The highest BCUT2D eigenvalue weighted by Gasteiger charge is 2.14. The Morgan fingerprint density at radius 1 is 1.41 bits per heavy atom. The van der Waals surface area contributed by atoms with Crippen LogP contribution in [0.4, 0.5) is 5.69 Å². The van der Waals surface area contributed by atoms with Crippen molar-refractivity contribution >= 4 is 11.7 Å². The third-order valence-electron chi connectivity index (χ3n) is 2.76. The van der Waals surface area contributed by atoms with Crippen LogP contribution in [0.25, 0.3) is 5.69 Å². The standard InChI is InChI=1S/C12H13N3O2/c1-7-8(2)15(6-14-7)11-4-3-9(13)5-10(11)12(16)17/h3-6H,13H2,1-2H3,(H,16,17). The van der Waals surface area contributed by atoms with Gasteiger partial charge >= 0.3 is 5.97 Å². The van der Waals surface area contributed by atoms with Gasteiger partial charge in [-0.25, -0.2) is 9.78 Å². The summed E-state index contributed by atoms with van der Waals surface area (Å²) < 4.78 is 1.75. The maximum Gasteiger partial charge on any atom is 0.337 e. The smallest absolute Gasteiger partial charge is 0.337 e. The molecule has 2 aromatic rings. The van der Waals surface area contributed by atoms with Crippen LogP contribution in [0.5, 0.6) is 0 Å². The van der Waals surface area contributed by atoms with E-state index < -0.39 is 5.97 Å². The van der Waals surface area contributed by atoms with Crippen molar-refractivity contribution in [2.24, 2.45) is 0 Å². The second kappa shape index (κ2) is 3.93. The van der Waals surface area contributed by atoms with Gasteiger partial charge < -0.3 is 15.4 Å². The minimum absolute atomic E-state index is 0.172. The minimum atomic E-state index is -1.00. The number of anilines is 1. The number of nitrogen functional groups attached to an aromatic ring is 1. The third kappa shape index (κ3) is 1.87. The van der Waals surface area contributed by atoms with E-state index in [-0.39, 0.29) is 5.56 Å². The summed E-state index contributed by atoms with van der Waals surface area (Å²) in [6.07, 6.45) is 1.61. The molecular weight excluding hydrogens is 218 g/mol. The van der Waals surface area contributed by atoms with Gasteiger partial charge in [0.15, 0.2) is 0 Å². The Morgan fingerprint density at radius 2 is 2.12 bits per heavy atom. The predicted molar refractivity (Wildman–Crippen MR) is 64.4 cm³/mol. The Kier molecular flexibility index (Phi) is 2.59. The van der Waals surface area contributed by atoms with Crippen molar-refractivity contribution in [2.75, 3.05) is 5.73 Å². The lowest BCUT2D eigenvalue weighted by molar-refractivity contribution is 0.0697. The number of hydrogen-bond donors (Lipinski definition) is 2. The first-order valence-electron chi connectivity index (χ1n) is 5.14. The fourth-order valence-electron chi connectivity index (χ4n) is 1.68. The zero-order chi connectivity index (χ0) is 12.6. The Balaban J connectivity index is 2.67. The van der Waals surface area contributed by atoms with E-state index >= 15 is 0 Å². The van der Waals surface area contributed by atoms with Gasteiger partial charge in [0.25, 0.3) is 0 Å². The number of imidazole rings is 1.